The summed E-state index contributed by atoms with van der Waals surface area (Å²) in [5.74, 6) is -0.749. The molecule has 0 radical (unpaired) electrons. The van der Waals surface area contributed by atoms with Gasteiger partial charge in [0.05, 0.1) is 17.7 Å². The number of anilines is 2. The van der Waals surface area contributed by atoms with E-state index in [4.69, 9.17) is 16.3 Å². The third-order valence-corrected chi connectivity index (χ3v) is 5.84. The minimum Gasteiger partial charge on any atom is -0.495 e. The summed E-state index contributed by atoms with van der Waals surface area (Å²) in [5, 5.41) is 5.70. The third kappa shape index (κ3) is 6.19. The van der Waals surface area contributed by atoms with Crippen LogP contribution >= 0.6 is 11.6 Å². The number of rotatable bonds is 8. The largest absolute Gasteiger partial charge is 0.495 e. The van der Waals surface area contributed by atoms with Crippen LogP contribution in [0.1, 0.15) is 20.8 Å². The molecule has 3 N–H and O–H groups in total. The van der Waals surface area contributed by atoms with Gasteiger partial charge in [-0.25, -0.2) is 8.42 Å². The molecule has 162 valence electrons. The minimum atomic E-state index is -3.94. The lowest BCUT2D eigenvalue weighted by molar-refractivity contribution is -0.118. The number of hydrogen-bond donors (Lipinski definition) is 3. The van der Waals surface area contributed by atoms with E-state index in [0.29, 0.717) is 22.1 Å². The Bertz CT molecular complexity index is 1020. The van der Waals surface area contributed by atoms with Crippen molar-refractivity contribution >= 4 is 44.8 Å². The van der Waals surface area contributed by atoms with Crippen molar-refractivity contribution in [1.82, 2.24) is 4.72 Å². The van der Waals surface area contributed by atoms with Gasteiger partial charge in [-0.1, -0.05) is 25.4 Å². The number of halogens is 1. The maximum Gasteiger partial charge on any atom is 0.242 e. The summed E-state index contributed by atoms with van der Waals surface area (Å²) in [6.45, 7) is 4.81. The van der Waals surface area contributed by atoms with E-state index in [1.54, 1.807) is 26.0 Å². The highest BCUT2D eigenvalue weighted by Gasteiger charge is 2.28. The number of ether oxygens (including phenoxy) is 1. The molecule has 10 heteroatoms. The molecule has 0 unspecified atom stereocenters. The molecule has 0 aromatic heterocycles. The highest BCUT2D eigenvalue weighted by molar-refractivity contribution is 7.89. The summed E-state index contributed by atoms with van der Waals surface area (Å²) < 4.78 is 33.0. The molecule has 30 heavy (non-hydrogen) atoms. The highest BCUT2D eigenvalue weighted by Crippen LogP contribution is 2.28. The highest BCUT2D eigenvalue weighted by atomic mass is 35.5. The maximum atomic E-state index is 12.8. The fraction of sp³-hybridized carbons (Fsp3) is 0.300. The molecule has 8 nitrogen and oxygen atoms in total. The summed E-state index contributed by atoms with van der Waals surface area (Å²) >= 11 is 5.81. The number of sulfonamides is 1. The second kappa shape index (κ2) is 9.92. The van der Waals surface area contributed by atoms with Crippen LogP contribution in [0, 0.1) is 5.92 Å². The molecular weight excluding hydrogens is 430 g/mol. The first-order valence-electron chi connectivity index (χ1n) is 9.08. The van der Waals surface area contributed by atoms with E-state index < -0.39 is 22.0 Å². The van der Waals surface area contributed by atoms with Gasteiger partial charge in [-0.05, 0) is 48.4 Å². The molecule has 0 saturated carbocycles. The number of carbonyl (C=O) groups excluding carboxylic acids is 2. The van der Waals surface area contributed by atoms with Crippen molar-refractivity contribution in [2.75, 3.05) is 17.7 Å². The first-order valence-corrected chi connectivity index (χ1v) is 10.9. The molecule has 2 aromatic rings. The second-order valence-electron chi connectivity index (χ2n) is 6.88. The van der Waals surface area contributed by atoms with Gasteiger partial charge in [0.15, 0.2) is 0 Å². The molecule has 0 saturated heterocycles. The molecule has 2 rings (SSSR count). The number of carbonyl (C=O) groups is 2. The maximum absolute atomic E-state index is 12.8. The Balaban J connectivity index is 2.23. The van der Waals surface area contributed by atoms with Crippen molar-refractivity contribution in [3.05, 3.63) is 47.5 Å². The third-order valence-electron chi connectivity index (χ3n) is 4.13. The first kappa shape index (κ1) is 23.7. The van der Waals surface area contributed by atoms with Crippen molar-refractivity contribution in [2.45, 2.75) is 31.7 Å². The molecule has 0 aliphatic heterocycles. The van der Waals surface area contributed by atoms with Crippen LogP contribution < -0.4 is 20.1 Å². The average molecular weight is 454 g/mol. The Hall–Kier alpha value is -2.62. The number of methoxy groups -OCH3 is 1. The molecule has 0 aliphatic rings. The normalized spacial score (nSPS) is 12.3. The summed E-state index contributed by atoms with van der Waals surface area (Å²) in [7, 11) is -2.48. The van der Waals surface area contributed by atoms with E-state index in [9.17, 15) is 18.0 Å². The van der Waals surface area contributed by atoms with Gasteiger partial charge in [-0.3, -0.25) is 9.59 Å². The lowest BCUT2D eigenvalue weighted by Crippen LogP contribution is -2.47. The second-order valence-corrected chi connectivity index (χ2v) is 9.03. The topological polar surface area (TPSA) is 114 Å². The fourth-order valence-corrected chi connectivity index (χ4v) is 4.10. The van der Waals surface area contributed by atoms with Crippen LogP contribution in [-0.2, 0) is 19.6 Å². The van der Waals surface area contributed by atoms with Gasteiger partial charge < -0.3 is 15.4 Å². The van der Waals surface area contributed by atoms with Crippen LogP contribution in [0.25, 0.3) is 0 Å². The first-order chi connectivity index (χ1) is 14.0. The lowest BCUT2D eigenvalue weighted by atomic mass is 10.0. The van der Waals surface area contributed by atoms with Crippen LogP contribution in [0.5, 0.6) is 5.75 Å². The Kier molecular flexibility index (Phi) is 7.83. The van der Waals surface area contributed by atoms with Crippen LogP contribution in [0.15, 0.2) is 47.4 Å². The molecule has 2 aromatic carbocycles. The monoisotopic (exact) mass is 453 g/mol. The van der Waals surface area contributed by atoms with Crippen molar-refractivity contribution < 1.29 is 22.7 Å². The zero-order valence-corrected chi connectivity index (χ0v) is 18.6. The minimum absolute atomic E-state index is 0.00254. The predicted molar refractivity (Wildman–Crippen MR) is 116 cm³/mol. The van der Waals surface area contributed by atoms with E-state index in [2.05, 4.69) is 15.4 Å². The van der Waals surface area contributed by atoms with Gasteiger partial charge in [-0.2, -0.15) is 4.72 Å². The lowest BCUT2D eigenvalue weighted by Gasteiger charge is -2.22. The van der Waals surface area contributed by atoms with Gasteiger partial charge in [-0.15, -0.1) is 0 Å². The van der Waals surface area contributed by atoms with Crippen LogP contribution in [-0.4, -0.2) is 33.4 Å². The predicted octanol–water partition coefficient (Wildman–Crippen LogP) is 3.25. The summed E-state index contributed by atoms with van der Waals surface area (Å²) in [5.41, 5.74) is 0.756. The quantitative estimate of drug-likeness (QED) is 0.567. The van der Waals surface area contributed by atoms with Crippen LogP contribution in [0.3, 0.4) is 0 Å². The number of benzene rings is 2. The van der Waals surface area contributed by atoms with E-state index in [-0.39, 0.29) is 16.7 Å². The molecule has 0 spiro atoms. The standard InChI is InChI=1S/C20H24ClN3O5S/c1-12(2)19(24-30(27,28)16-8-5-14(21)6-9-16)20(26)23-15-7-10-18(29-4)17(11-15)22-13(3)25/h5-12,19,24H,1-4H3,(H,22,25)(H,23,26)/t19-/m0/s1. The van der Waals surface area contributed by atoms with E-state index >= 15 is 0 Å². The Morgan fingerprint density at radius 2 is 1.67 bits per heavy atom. The zero-order valence-electron chi connectivity index (χ0n) is 17.0. The fourth-order valence-electron chi connectivity index (χ4n) is 2.63. The molecule has 0 heterocycles. The zero-order chi connectivity index (χ0) is 22.5. The SMILES string of the molecule is COc1ccc(NC(=O)[C@@H](NS(=O)(=O)c2ccc(Cl)cc2)C(C)C)cc1NC(C)=O. The van der Waals surface area contributed by atoms with Gasteiger partial charge in [0.2, 0.25) is 21.8 Å². The van der Waals surface area contributed by atoms with E-state index in [1.807, 2.05) is 0 Å². The van der Waals surface area contributed by atoms with Crippen molar-refractivity contribution in [1.29, 1.82) is 0 Å². The Labute approximate surface area is 181 Å². The molecular formula is C20H24ClN3O5S. The molecule has 2 amide bonds. The van der Waals surface area contributed by atoms with Gasteiger partial charge in [0.25, 0.3) is 0 Å². The summed E-state index contributed by atoms with van der Waals surface area (Å²) in [4.78, 5) is 24.2. The van der Waals surface area contributed by atoms with Gasteiger partial charge in [0, 0.05) is 17.6 Å². The van der Waals surface area contributed by atoms with Crippen molar-refractivity contribution in [2.24, 2.45) is 5.92 Å². The molecule has 0 aliphatic carbocycles. The molecule has 0 bridgehead atoms. The Morgan fingerprint density at radius 3 is 2.20 bits per heavy atom. The molecule has 1 atom stereocenters. The van der Waals surface area contributed by atoms with Gasteiger partial charge in [0.1, 0.15) is 11.8 Å². The van der Waals surface area contributed by atoms with Crippen molar-refractivity contribution in [3.8, 4) is 5.75 Å². The van der Waals surface area contributed by atoms with Crippen LogP contribution in [0.2, 0.25) is 5.02 Å². The van der Waals surface area contributed by atoms with Crippen molar-refractivity contribution in [3.63, 3.8) is 0 Å². The number of nitrogens with one attached hydrogen (secondary N) is 3. The number of hydrogen-bond acceptors (Lipinski definition) is 5. The van der Waals surface area contributed by atoms with Crippen LogP contribution in [0.4, 0.5) is 11.4 Å². The van der Waals surface area contributed by atoms with E-state index in [1.165, 1.54) is 44.4 Å². The average Bonchev–Trinajstić information content (AvgIpc) is 2.66. The molecule has 0 fully saturated rings. The smallest absolute Gasteiger partial charge is 0.242 e. The summed E-state index contributed by atoms with van der Waals surface area (Å²) in [6.07, 6.45) is 0. The number of amides is 2. The summed E-state index contributed by atoms with van der Waals surface area (Å²) in [6, 6.07) is 9.33. The van der Waals surface area contributed by atoms with E-state index in [0.717, 1.165) is 0 Å². The Morgan fingerprint density at radius 1 is 1.03 bits per heavy atom. The van der Waals surface area contributed by atoms with Gasteiger partial charge >= 0.3 is 0 Å².